The Morgan fingerprint density at radius 2 is 1.67 bits per heavy atom. The van der Waals surface area contributed by atoms with Gasteiger partial charge in [0.15, 0.2) is 5.56 Å². The van der Waals surface area contributed by atoms with Crippen molar-refractivity contribution in [2.24, 2.45) is 0 Å². The normalized spacial score (nSPS) is 12.7. The predicted molar refractivity (Wildman–Crippen MR) is 40.7 cm³/mol. The van der Waals surface area contributed by atoms with Crippen LogP contribution in [0.5, 0.6) is 5.88 Å². The van der Waals surface area contributed by atoms with E-state index in [9.17, 15) is 35.1 Å². The van der Waals surface area contributed by atoms with Crippen LogP contribution in [0.15, 0.2) is 6.07 Å². The number of hydrogen-bond donors (Lipinski definition) is 0. The molecule has 0 aromatic carbocycles. The van der Waals surface area contributed by atoms with Gasteiger partial charge in [-0.2, -0.15) is 13.2 Å². The van der Waals surface area contributed by atoms with E-state index in [-0.39, 0.29) is 6.07 Å². The SMILES string of the molecule is FCc1cc(F)c(C(F)(F)F)c(OC(F)(F)F)n1. The number of hydrogen-bond acceptors (Lipinski definition) is 2. The average Bonchev–Trinajstić information content (AvgIpc) is 2.11. The lowest BCUT2D eigenvalue weighted by Crippen LogP contribution is -2.22. The summed E-state index contributed by atoms with van der Waals surface area (Å²) in [4.78, 5) is 2.63. The molecule has 0 aliphatic heterocycles. The molecule has 0 N–H and O–H groups in total. The third-order valence-corrected chi connectivity index (χ3v) is 1.62. The monoisotopic (exact) mass is 281 g/mol. The molecule has 1 aromatic rings. The Bertz CT molecular complexity index is 438. The maximum Gasteiger partial charge on any atom is 0.574 e. The highest BCUT2D eigenvalue weighted by molar-refractivity contribution is 5.32. The van der Waals surface area contributed by atoms with E-state index in [1.165, 1.54) is 0 Å². The zero-order chi connectivity index (χ0) is 14.1. The molecule has 0 aliphatic rings. The van der Waals surface area contributed by atoms with E-state index >= 15 is 0 Å². The van der Waals surface area contributed by atoms with Crippen LogP contribution in [0.2, 0.25) is 0 Å². The van der Waals surface area contributed by atoms with Crippen LogP contribution in [0.25, 0.3) is 0 Å². The molecule has 0 atom stereocenters. The Morgan fingerprint density at radius 1 is 1.11 bits per heavy atom. The van der Waals surface area contributed by atoms with Gasteiger partial charge in [0.1, 0.15) is 12.5 Å². The Hall–Kier alpha value is -1.61. The standard InChI is InChI=1S/C8H3F8NO/c9-2-3-1-4(10)5(7(11,12)13)6(17-3)18-8(14,15)16/h1H,2H2. The summed E-state index contributed by atoms with van der Waals surface area (Å²) in [7, 11) is 0. The number of halogens is 8. The van der Waals surface area contributed by atoms with Crippen molar-refractivity contribution in [3.05, 3.63) is 23.1 Å². The first-order valence-corrected chi connectivity index (χ1v) is 4.13. The molecular formula is C8H3F8NO. The summed E-state index contributed by atoms with van der Waals surface area (Å²) < 4.78 is 100. The molecule has 1 rings (SSSR count). The van der Waals surface area contributed by atoms with Gasteiger partial charge in [-0.05, 0) is 6.07 Å². The first-order chi connectivity index (χ1) is 8.04. The summed E-state index contributed by atoms with van der Waals surface area (Å²) in [5.74, 6) is -4.16. The molecule has 2 nitrogen and oxygen atoms in total. The summed E-state index contributed by atoms with van der Waals surface area (Å²) in [6.07, 6.45) is -11.0. The first kappa shape index (κ1) is 14.5. The lowest BCUT2D eigenvalue weighted by atomic mass is 10.2. The smallest absolute Gasteiger partial charge is 0.387 e. The molecule has 0 bridgehead atoms. The highest BCUT2D eigenvalue weighted by atomic mass is 19.4. The van der Waals surface area contributed by atoms with Gasteiger partial charge in [0.25, 0.3) is 0 Å². The average molecular weight is 281 g/mol. The van der Waals surface area contributed by atoms with Gasteiger partial charge < -0.3 is 4.74 Å². The van der Waals surface area contributed by atoms with Crippen molar-refractivity contribution in [1.82, 2.24) is 4.98 Å². The number of alkyl halides is 7. The molecule has 1 aromatic heterocycles. The van der Waals surface area contributed by atoms with Crippen LogP contribution in [0.4, 0.5) is 35.1 Å². The van der Waals surface area contributed by atoms with Crippen molar-refractivity contribution in [2.45, 2.75) is 19.2 Å². The van der Waals surface area contributed by atoms with E-state index < -0.39 is 42.2 Å². The van der Waals surface area contributed by atoms with Crippen molar-refractivity contribution >= 4 is 0 Å². The van der Waals surface area contributed by atoms with E-state index in [0.29, 0.717) is 0 Å². The van der Waals surface area contributed by atoms with Crippen LogP contribution in [-0.4, -0.2) is 11.3 Å². The zero-order valence-electron chi connectivity index (χ0n) is 8.16. The van der Waals surface area contributed by atoms with Gasteiger partial charge in [-0.3, -0.25) is 0 Å². The fraction of sp³-hybridized carbons (Fsp3) is 0.375. The van der Waals surface area contributed by atoms with Crippen molar-refractivity contribution in [2.75, 3.05) is 0 Å². The minimum atomic E-state index is -5.51. The Morgan fingerprint density at radius 3 is 2.06 bits per heavy atom. The van der Waals surface area contributed by atoms with Crippen LogP contribution in [-0.2, 0) is 12.9 Å². The molecule has 1 heterocycles. The first-order valence-electron chi connectivity index (χ1n) is 4.13. The minimum absolute atomic E-state index is 0.0477. The number of ether oxygens (including phenoxy) is 1. The van der Waals surface area contributed by atoms with Gasteiger partial charge in [0.05, 0.1) is 5.69 Å². The van der Waals surface area contributed by atoms with Gasteiger partial charge in [-0.1, -0.05) is 0 Å². The fourth-order valence-electron chi connectivity index (χ4n) is 1.05. The third-order valence-electron chi connectivity index (χ3n) is 1.62. The number of aromatic nitrogens is 1. The minimum Gasteiger partial charge on any atom is -0.387 e. The lowest BCUT2D eigenvalue weighted by Gasteiger charge is -2.15. The maximum absolute atomic E-state index is 13.0. The molecule has 0 radical (unpaired) electrons. The van der Waals surface area contributed by atoms with Gasteiger partial charge >= 0.3 is 12.5 Å². The molecule has 18 heavy (non-hydrogen) atoms. The number of nitrogens with zero attached hydrogens (tertiary/aromatic N) is 1. The van der Waals surface area contributed by atoms with E-state index in [4.69, 9.17) is 0 Å². The second kappa shape index (κ2) is 4.58. The van der Waals surface area contributed by atoms with Crippen LogP contribution in [0, 0.1) is 5.82 Å². The van der Waals surface area contributed by atoms with E-state index in [0.717, 1.165) is 0 Å². The van der Waals surface area contributed by atoms with Crippen LogP contribution in [0.3, 0.4) is 0 Å². The molecule has 10 heteroatoms. The Balaban J connectivity index is 3.39. The molecule has 0 saturated carbocycles. The summed E-state index contributed by atoms with van der Waals surface area (Å²) >= 11 is 0. The molecule has 0 spiro atoms. The highest BCUT2D eigenvalue weighted by Gasteiger charge is 2.43. The molecule has 0 fully saturated rings. The summed E-state index contributed by atoms with van der Waals surface area (Å²) in [6.45, 7) is -1.54. The van der Waals surface area contributed by atoms with Gasteiger partial charge in [-0.15, -0.1) is 13.2 Å². The van der Waals surface area contributed by atoms with Crippen LogP contribution < -0.4 is 4.74 Å². The highest BCUT2D eigenvalue weighted by Crippen LogP contribution is 2.39. The van der Waals surface area contributed by atoms with Crippen molar-refractivity contribution in [1.29, 1.82) is 0 Å². The van der Waals surface area contributed by atoms with Crippen molar-refractivity contribution < 1.29 is 39.9 Å². The molecule has 0 unspecified atom stereocenters. The molecular weight excluding hydrogens is 278 g/mol. The van der Waals surface area contributed by atoms with E-state index in [1.54, 1.807) is 0 Å². The number of pyridine rings is 1. The van der Waals surface area contributed by atoms with Crippen molar-refractivity contribution in [3.8, 4) is 5.88 Å². The third kappa shape index (κ3) is 3.44. The molecule has 0 aliphatic carbocycles. The van der Waals surface area contributed by atoms with E-state index in [2.05, 4.69) is 9.72 Å². The molecule has 0 saturated heterocycles. The Kier molecular flexibility index (Phi) is 3.67. The van der Waals surface area contributed by atoms with Crippen molar-refractivity contribution in [3.63, 3.8) is 0 Å². The van der Waals surface area contributed by atoms with Gasteiger partial charge in [0, 0.05) is 0 Å². The summed E-state index contributed by atoms with van der Waals surface area (Å²) in [6, 6.07) is 0.0477. The largest absolute Gasteiger partial charge is 0.574 e. The molecule has 102 valence electrons. The fourth-order valence-corrected chi connectivity index (χ4v) is 1.05. The summed E-state index contributed by atoms with van der Waals surface area (Å²) in [5, 5.41) is 0. The predicted octanol–water partition coefficient (Wildman–Crippen LogP) is 3.61. The maximum atomic E-state index is 13.0. The van der Waals surface area contributed by atoms with E-state index in [1.807, 2.05) is 0 Å². The Labute approximate surface area is 94.2 Å². The van der Waals surface area contributed by atoms with Crippen LogP contribution in [0.1, 0.15) is 11.3 Å². The quantitative estimate of drug-likeness (QED) is 0.772. The second-order valence-electron chi connectivity index (χ2n) is 2.95. The van der Waals surface area contributed by atoms with Gasteiger partial charge in [0.2, 0.25) is 5.88 Å². The second-order valence-corrected chi connectivity index (χ2v) is 2.95. The summed E-state index contributed by atoms with van der Waals surface area (Å²) in [5.41, 5.74) is -3.28. The topological polar surface area (TPSA) is 22.1 Å². The van der Waals surface area contributed by atoms with Crippen LogP contribution >= 0.6 is 0 Å². The molecule has 0 amide bonds. The number of rotatable bonds is 2. The zero-order valence-corrected chi connectivity index (χ0v) is 8.16. The van der Waals surface area contributed by atoms with Gasteiger partial charge in [-0.25, -0.2) is 13.8 Å². The lowest BCUT2D eigenvalue weighted by molar-refractivity contribution is -0.278.